The Morgan fingerprint density at radius 3 is 1.73 bits per heavy atom. The topological polar surface area (TPSA) is 473 Å². The minimum Gasteiger partial charge on any atom is -0.480 e. The van der Waals surface area contributed by atoms with Gasteiger partial charge >= 0.3 is 69.2 Å². The molecule has 33 nitrogen and oxygen atoms in total. The average molecular weight is 1430 g/mol. The van der Waals surface area contributed by atoms with Gasteiger partial charge in [-0.15, -0.1) is 5.10 Å². The van der Waals surface area contributed by atoms with Gasteiger partial charge in [0, 0.05) is 6.42 Å². The summed E-state index contributed by atoms with van der Waals surface area (Å²) in [5.41, 5.74) is -1.99. The van der Waals surface area contributed by atoms with E-state index in [2.05, 4.69) is 54.8 Å². The van der Waals surface area contributed by atoms with Crippen LogP contribution in [0.25, 0.3) is 5.69 Å². The van der Waals surface area contributed by atoms with Gasteiger partial charge in [0.2, 0.25) is 33.7 Å². The first kappa shape index (κ1) is 76.5. The molecule has 48 heteroatoms. The van der Waals surface area contributed by atoms with Gasteiger partial charge in [-0.05, 0) is 56.2 Å². The largest absolute Gasteiger partial charge is 0.480 e. The fraction of sp³-hybridized carbons (Fsp3) is 0.279. The number of nitrogens with one attached hydrogen (secondary N) is 6. The number of carbonyl (C=O) groups is 4. The summed E-state index contributed by atoms with van der Waals surface area (Å²) in [7, 11) is -15.6. The lowest BCUT2D eigenvalue weighted by molar-refractivity contribution is -0.136. The number of carboxylic acids is 2. The van der Waals surface area contributed by atoms with Crippen LogP contribution in [-0.2, 0) is 45.9 Å². The van der Waals surface area contributed by atoms with Gasteiger partial charge in [-0.25, -0.2) is 58.4 Å². The molecule has 0 spiro atoms. The molecule has 0 unspecified atom stereocenters. The van der Waals surface area contributed by atoms with Crippen molar-refractivity contribution in [2.45, 2.75) is 62.4 Å². The number of aromatic nitrogens is 8. The summed E-state index contributed by atoms with van der Waals surface area (Å²) >= 11 is 11.8. The number of ether oxygens (including phenoxy) is 3. The van der Waals surface area contributed by atoms with E-state index in [1.807, 2.05) is 0 Å². The van der Waals surface area contributed by atoms with Crippen LogP contribution >= 0.6 is 30.8 Å². The van der Waals surface area contributed by atoms with E-state index in [1.54, 1.807) is 10.0 Å². The fourth-order valence-corrected chi connectivity index (χ4v) is 10.1. The van der Waals surface area contributed by atoms with Gasteiger partial charge in [-0.2, -0.15) is 69.1 Å². The summed E-state index contributed by atoms with van der Waals surface area (Å²) < 4.78 is 213. The van der Waals surface area contributed by atoms with Crippen LogP contribution in [-0.4, -0.2) is 154 Å². The van der Waals surface area contributed by atoms with Crippen molar-refractivity contribution in [1.82, 2.24) is 54.0 Å². The Kier molecular flexibility index (Phi) is 27.6. The van der Waals surface area contributed by atoms with Crippen molar-refractivity contribution in [2.75, 3.05) is 41.6 Å². The number of sulfonamides is 3. The lowest BCUT2D eigenvalue weighted by Gasteiger charge is -2.13. The van der Waals surface area contributed by atoms with Crippen molar-refractivity contribution < 1.29 is 123 Å². The quantitative estimate of drug-likeness (QED) is 0.0305. The first-order valence-electron chi connectivity index (χ1n) is 23.5. The van der Waals surface area contributed by atoms with Crippen LogP contribution in [0.2, 0.25) is 10.0 Å². The summed E-state index contributed by atoms with van der Waals surface area (Å²) in [5.74, 6) is -5.88. The van der Waals surface area contributed by atoms with Crippen LogP contribution in [0.1, 0.15) is 40.5 Å². The van der Waals surface area contributed by atoms with Gasteiger partial charge in [-0.1, -0.05) is 53.5 Å². The predicted molar refractivity (Wildman–Crippen MR) is 294 cm³/mol. The molecule has 0 aliphatic carbocycles. The molecule has 0 fully saturated rings. The molecular weight excluding hydrogens is 1390 g/mol. The molecule has 6 rings (SSSR count). The summed E-state index contributed by atoms with van der Waals surface area (Å²) in [5, 5.41) is 26.5. The Morgan fingerprint density at radius 2 is 1.25 bits per heavy atom. The SMILES string of the molecule is COc1nc(C)nc(NC(=O)NS(=O)(=O)c2ccccc2CCC(F)(F)F)n1.Cc1nn(-c2cc(NS(C)(=O)=O)c(Cl)cc2Cl)c(=O)n1C(F)F.O=C(Nc1nc(OC(F)F)cc(OC(F)F)n1)NS(=O)(=O)c1ccccc1C(=O)O.O=C(O)CNCP(=O)(O)O. The van der Waals surface area contributed by atoms with E-state index in [0.717, 1.165) is 30.5 Å². The Balaban J connectivity index is 0.000000333. The maximum Gasteiger partial charge on any atom is 0.389 e. The number of carbonyl (C=O) groups excluding carboxylic acids is 2. The van der Waals surface area contributed by atoms with E-state index >= 15 is 0 Å². The number of aromatic carboxylic acids is 1. The highest BCUT2D eigenvalue weighted by atomic mass is 35.5. The lowest BCUT2D eigenvalue weighted by Crippen LogP contribution is -2.35. The van der Waals surface area contributed by atoms with Gasteiger partial charge in [0.1, 0.15) is 16.5 Å². The summed E-state index contributed by atoms with van der Waals surface area (Å²) in [4.78, 5) is 89.9. The molecule has 4 amide bonds. The highest BCUT2D eigenvalue weighted by molar-refractivity contribution is 7.92. The van der Waals surface area contributed by atoms with Crippen LogP contribution in [0.4, 0.5) is 66.7 Å². The van der Waals surface area contributed by atoms with Crippen LogP contribution in [0.3, 0.4) is 0 Å². The zero-order valence-corrected chi connectivity index (χ0v) is 50.6. The van der Waals surface area contributed by atoms with E-state index in [-0.39, 0.29) is 55.2 Å². The molecule has 0 aliphatic rings. The molecule has 3 aromatic carbocycles. The van der Waals surface area contributed by atoms with Crippen LogP contribution < -0.4 is 50.0 Å². The Bertz CT molecular complexity index is 4040. The second-order valence-electron chi connectivity index (χ2n) is 16.7. The maximum absolute atomic E-state index is 12.8. The number of halogens is 11. The molecule has 3 heterocycles. The Hall–Kier alpha value is -8.72. The molecule has 0 bridgehead atoms. The van der Waals surface area contributed by atoms with Crippen LogP contribution in [0.15, 0.2) is 81.3 Å². The predicted octanol–water partition coefficient (Wildman–Crippen LogP) is 5.29. The number of alkyl halides is 9. The fourth-order valence-electron chi connectivity index (χ4n) is 6.25. The highest BCUT2D eigenvalue weighted by Gasteiger charge is 2.30. The lowest BCUT2D eigenvalue weighted by atomic mass is 10.1. The van der Waals surface area contributed by atoms with Gasteiger partial charge in [-0.3, -0.25) is 30.0 Å². The average Bonchev–Trinajstić information content (AvgIpc) is 1.73. The van der Waals surface area contributed by atoms with Gasteiger partial charge in [0.25, 0.3) is 20.0 Å². The number of rotatable bonds is 22. The van der Waals surface area contributed by atoms with Crippen molar-refractivity contribution in [3.05, 3.63) is 110 Å². The number of nitrogens with zero attached hydrogens (tertiary/aromatic N) is 8. The first-order valence-corrected chi connectivity index (χ1v) is 30.9. The highest BCUT2D eigenvalue weighted by Crippen LogP contribution is 2.33. The number of hydrogen-bond acceptors (Lipinski definition) is 22. The minimum atomic E-state index is -4.71. The number of amides is 4. The Labute approximate surface area is 514 Å². The number of methoxy groups -OCH3 is 1. The van der Waals surface area contributed by atoms with E-state index in [4.69, 9.17) is 47.9 Å². The third-order valence-corrected chi connectivity index (χ3v) is 14.3. The van der Waals surface area contributed by atoms with E-state index in [9.17, 15) is 93.3 Å². The summed E-state index contributed by atoms with van der Waals surface area (Å²) in [6.07, 6.45) is -5.89. The first-order chi connectivity index (χ1) is 41.9. The zero-order valence-electron chi connectivity index (χ0n) is 45.7. The number of aliphatic carboxylic acids is 1. The second kappa shape index (κ2) is 32.8. The molecule has 500 valence electrons. The molecule has 0 saturated carbocycles. The number of aryl methyl sites for hydroxylation is 3. The van der Waals surface area contributed by atoms with E-state index in [0.29, 0.717) is 10.7 Å². The molecule has 3 aromatic heterocycles. The van der Waals surface area contributed by atoms with E-state index < -0.39 is 152 Å². The van der Waals surface area contributed by atoms with Crippen LogP contribution in [0.5, 0.6) is 17.8 Å². The van der Waals surface area contributed by atoms with Crippen molar-refractivity contribution in [1.29, 1.82) is 0 Å². The normalized spacial score (nSPS) is 11.6. The molecule has 0 aliphatic heterocycles. The third-order valence-electron chi connectivity index (χ3n) is 9.59. The molecule has 91 heavy (non-hydrogen) atoms. The van der Waals surface area contributed by atoms with Gasteiger partial charge in [0.15, 0.2) is 0 Å². The number of benzene rings is 3. The third kappa shape index (κ3) is 26.3. The van der Waals surface area contributed by atoms with Crippen molar-refractivity contribution in [2.24, 2.45) is 0 Å². The number of carboxylic acid groups (broad SMARTS) is 2. The smallest absolute Gasteiger partial charge is 0.389 e. The molecule has 0 atom stereocenters. The minimum absolute atomic E-state index is 0.0257. The van der Waals surface area contributed by atoms with Crippen LogP contribution in [0, 0.1) is 13.8 Å². The van der Waals surface area contributed by atoms with Crippen molar-refractivity contribution in [3.8, 4) is 23.5 Å². The molecular formula is C43H44Cl2F9N14O19PS3. The molecule has 0 saturated heterocycles. The summed E-state index contributed by atoms with van der Waals surface area (Å²) in [6, 6.07) is 9.35. The van der Waals surface area contributed by atoms with Gasteiger partial charge < -0.3 is 34.2 Å². The second-order valence-corrected chi connectivity index (χ2v) is 24.2. The number of urea groups is 2. The Morgan fingerprint density at radius 1 is 0.736 bits per heavy atom. The molecule has 0 radical (unpaired) electrons. The number of hydrogen-bond donors (Lipinski definition) is 10. The maximum atomic E-state index is 12.8. The monoisotopic (exact) mass is 1430 g/mol. The van der Waals surface area contributed by atoms with Gasteiger partial charge in [0.05, 0.1) is 64.1 Å². The van der Waals surface area contributed by atoms with Crippen molar-refractivity contribution in [3.63, 3.8) is 0 Å². The van der Waals surface area contributed by atoms with E-state index in [1.165, 1.54) is 62.1 Å². The molecule has 6 aromatic rings. The molecule has 10 N–H and O–H groups in total. The standard InChI is InChI=1S/C15H16F3N5O4S.C14H10F4N4O7S.C11H10Cl2F2N4O3S.C3H8NO5P/c1-9-19-12(22-14(20-9)27-2)21-13(24)23-28(25,26)11-6-4-3-5-10(11)7-8-15(16,17)18;15-11(16)28-8-5-9(29-12(17)18)20-13(19-8)21-14(25)22-30(26,27)7-4-2-1-3-6(7)10(23)24;1-5-16-19(11(20)18(5)10(14)15)9-4-8(17-23(2,21)22)6(12)3-7(9)13;5-3(6)1-4-2-10(7,8)9/h3-6H,7-8H2,1-2H3,(H2,19,20,21,22,23,24);1-5,11-12H,(H,23,24)(H2,19,20,21,22,25);3-4,10,17H,1-2H3;4H,1-2H2,(H,5,6)(H2,7,8,9). The number of anilines is 3. The zero-order chi connectivity index (χ0) is 69.1. The summed E-state index contributed by atoms with van der Waals surface area (Å²) in [6.45, 7) is -7.60. The van der Waals surface area contributed by atoms with Crippen molar-refractivity contribution >= 4 is 102 Å².